The Morgan fingerprint density at radius 2 is 2.12 bits per heavy atom. The molecular formula is C15H26N2. The molecule has 0 aromatic carbocycles. The fraction of sp³-hybridized carbons (Fsp3) is 0.733. The van der Waals surface area contributed by atoms with Crippen LogP contribution in [0.3, 0.4) is 0 Å². The lowest BCUT2D eigenvalue weighted by Crippen LogP contribution is -2.35. The molecule has 2 N–H and O–H groups in total. The van der Waals surface area contributed by atoms with Crippen LogP contribution in [-0.2, 0) is 0 Å². The lowest BCUT2D eigenvalue weighted by atomic mass is 9.83. The van der Waals surface area contributed by atoms with Crippen LogP contribution in [0.25, 0.3) is 0 Å². The van der Waals surface area contributed by atoms with Gasteiger partial charge >= 0.3 is 0 Å². The van der Waals surface area contributed by atoms with Crippen molar-refractivity contribution in [3.05, 3.63) is 23.8 Å². The van der Waals surface area contributed by atoms with E-state index in [1.165, 1.54) is 19.5 Å². The molecule has 2 atom stereocenters. The highest BCUT2D eigenvalue weighted by Crippen LogP contribution is 2.30. The summed E-state index contributed by atoms with van der Waals surface area (Å²) in [7, 11) is 0. The molecule has 2 rings (SSSR count). The maximum Gasteiger partial charge on any atom is 0.0229 e. The van der Waals surface area contributed by atoms with Crippen LogP contribution in [0.15, 0.2) is 23.8 Å². The minimum absolute atomic E-state index is 0.297. The van der Waals surface area contributed by atoms with Gasteiger partial charge in [-0.3, -0.25) is 4.90 Å². The van der Waals surface area contributed by atoms with Crippen LogP contribution >= 0.6 is 0 Å². The molecule has 2 unspecified atom stereocenters. The summed E-state index contributed by atoms with van der Waals surface area (Å²) in [5.41, 5.74) is 7.86. The van der Waals surface area contributed by atoms with Crippen molar-refractivity contribution < 1.29 is 0 Å². The zero-order valence-corrected chi connectivity index (χ0v) is 11.4. The van der Waals surface area contributed by atoms with Gasteiger partial charge in [0.15, 0.2) is 0 Å². The van der Waals surface area contributed by atoms with Crippen LogP contribution in [0, 0.1) is 11.3 Å². The van der Waals surface area contributed by atoms with Gasteiger partial charge in [-0.2, -0.15) is 0 Å². The highest BCUT2D eigenvalue weighted by Gasteiger charge is 2.23. The second-order valence-electron chi connectivity index (χ2n) is 6.53. The van der Waals surface area contributed by atoms with E-state index in [1.54, 1.807) is 5.57 Å². The Bertz CT molecular complexity index is 322. The predicted octanol–water partition coefficient (Wildman–Crippen LogP) is 2.57. The molecule has 0 saturated carbocycles. The third-order valence-electron chi connectivity index (χ3n) is 3.95. The molecule has 17 heavy (non-hydrogen) atoms. The summed E-state index contributed by atoms with van der Waals surface area (Å²) in [5, 5.41) is 0. The van der Waals surface area contributed by atoms with Gasteiger partial charge in [0.1, 0.15) is 0 Å². The predicted molar refractivity (Wildman–Crippen MR) is 73.8 cm³/mol. The van der Waals surface area contributed by atoms with E-state index >= 15 is 0 Å². The first-order valence-electron chi connectivity index (χ1n) is 6.81. The summed E-state index contributed by atoms with van der Waals surface area (Å²) in [5.74, 6) is 0.676. The van der Waals surface area contributed by atoms with E-state index in [1.807, 2.05) is 0 Å². The summed E-state index contributed by atoms with van der Waals surface area (Å²) in [6.07, 6.45) is 9.25. The first-order valence-corrected chi connectivity index (χ1v) is 6.81. The van der Waals surface area contributed by atoms with Crippen LogP contribution in [0.5, 0.6) is 0 Å². The molecular weight excluding hydrogens is 208 g/mol. The van der Waals surface area contributed by atoms with E-state index in [0.29, 0.717) is 17.4 Å². The quantitative estimate of drug-likeness (QED) is 0.744. The molecule has 1 aliphatic heterocycles. The van der Waals surface area contributed by atoms with Gasteiger partial charge in [0.25, 0.3) is 0 Å². The van der Waals surface area contributed by atoms with Crippen molar-refractivity contribution in [3.8, 4) is 0 Å². The smallest absolute Gasteiger partial charge is 0.0229 e. The number of hydrogen-bond donors (Lipinski definition) is 1. The van der Waals surface area contributed by atoms with Crippen molar-refractivity contribution in [2.75, 3.05) is 19.6 Å². The van der Waals surface area contributed by atoms with E-state index in [9.17, 15) is 0 Å². The second-order valence-corrected chi connectivity index (χ2v) is 6.53. The third-order valence-corrected chi connectivity index (χ3v) is 3.95. The number of nitrogens with two attached hydrogens (primary N) is 1. The zero-order valence-electron chi connectivity index (χ0n) is 11.4. The Morgan fingerprint density at radius 1 is 1.35 bits per heavy atom. The molecule has 0 amide bonds. The van der Waals surface area contributed by atoms with E-state index in [0.717, 1.165) is 13.0 Å². The van der Waals surface area contributed by atoms with Gasteiger partial charge in [0.05, 0.1) is 0 Å². The van der Waals surface area contributed by atoms with E-state index in [-0.39, 0.29) is 0 Å². The van der Waals surface area contributed by atoms with Gasteiger partial charge in [-0.1, -0.05) is 44.6 Å². The summed E-state index contributed by atoms with van der Waals surface area (Å²) in [6, 6.07) is 0.297. The fourth-order valence-corrected chi connectivity index (χ4v) is 2.83. The molecule has 0 radical (unpaired) electrons. The highest BCUT2D eigenvalue weighted by atomic mass is 15.1. The monoisotopic (exact) mass is 234 g/mol. The van der Waals surface area contributed by atoms with Crippen molar-refractivity contribution in [1.29, 1.82) is 0 Å². The van der Waals surface area contributed by atoms with Crippen LogP contribution < -0.4 is 5.73 Å². The summed E-state index contributed by atoms with van der Waals surface area (Å²) >= 11 is 0. The number of hydrogen-bond acceptors (Lipinski definition) is 2. The number of rotatable bonds is 2. The summed E-state index contributed by atoms with van der Waals surface area (Å²) < 4.78 is 0. The molecule has 2 heteroatoms. The van der Waals surface area contributed by atoms with Gasteiger partial charge in [0.2, 0.25) is 0 Å². The zero-order chi connectivity index (χ0) is 12.5. The molecule has 0 saturated heterocycles. The van der Waals surface area contributed by atoms with Gasteiger partial charge in [-0.15, -0.1) is 0 Å². The summed E-state index contributed by atoms with van der Waals surface area (Å²) in [6.45, 7) is 10.4. The van der Waals surface area contributed by atoms with Gasteiger partial charge in [-0.05, 0) is 24.2 Å². The van der Waals surface area contributed by atoms with Crippen LogP contribution in [0.2, 0.25) is 0 Å². The molecule has 2 aliphatic rings. The van der Waals surface area contributed by atoms with Crippen molar-refractivity contribution in [1.82, 2.24) is 4.90 Å². The van der Waals surface area contributed by atoms with Crippen molar-refractivity contribution in [3.63, 3.8) is 0 Å². The molecule has 0 fully saturated rings. The Balaban J connectivity index is 1.83. The van der Waals surface area contributed by atoms with Crippen molar-refractivity contribution >= 4 is 0 Å². The topological polar surface area (TPSA) is 29.3 Å². The maximum absolute atomic E-state index is 5.89. The number of nitrogens with zero attached hydrogens (tertiary/aromatic N) is 1. The average Bonchev–Trinajstić information content (AvgIpc) is 2.63. The summed E-state index contributed by atoms with van der Waals surface area (Å²) in [4.78, 5) is 2.56. The molecule has 1 aliphatic carbocycles. The minimum atomic E-state index is 0.297. The van der Waals surface area contributed by atoms with E-state index in [2.05, 4.69) is 43.9 Å². The molecule has 0 aromatic rings. The third kappa shape index (κ3) is 3.43. The van der Waals surface area contributed by atoms with E-state index in [4.69, 9.17) is 5.73 Å². The largest absolute Gasteiger partial charge is 0.324 e. The minimum Gasteiger partial charge on any atom is -0.324 e. The highest BCUT2D eigenvalue weighted by molar-refractivity contribution is 5.15. The van der Waals surface area contributed by atoms with Crippen LogP contribution in [-0.4, -0.2) is 30.6 Å². The first kappa shape index (κ1) is 12.8. The van der Waals surface area contributed by atoms with Crippen LogP contribution in [0.1, 0.15) is 33.6 Å². The van der Waals surface area contributed by atoms with Gasteiger partial charge in [0, 0.05) is 25.7 Å². The second kappa shape index (κ2) is 4.95. The first-order chi connectivity index (χ1) is 7.95. The van der Waals surface area contributed by atoms with Crippen molar-refractivity contribution in [2.45, 2.75) is 39.7 Å². The molecule has 0 bridgehead atoms. The van der Waals surface area contributed by atoms with Gasteiger partial charge < -0.3 is 5.73 Å². The molecule has 0 spiro atoms. The average molecular weight is 234 g/mol. The molecule has 0 aromatic heterocycles. The van der Waals surface area contributed by atoms with Gasteiger partial charge in [-0.25, -0.2) is 0 Å². The Labute approximate surface area is 106 Å². The Hall–Kier alpha value is -0.600. The lowest BCUT2D eigenvalue weighted by molar-refractivity contribution is 0.251. The lowest BCUT2D eigenvalue weighted by Gasteiger charge is -2.33. The van der Waals surface area contributed by atoms with E-state index < -0.39 is 0 Å². The normalized spacial score (nSPS) is 30.7. The maximum atomic E-state index is 5.89. The van der Waals surface area contributed by atoms with Crippen molar-refractivity contribution in [2.24, 2.45) is 17.1 Å². The SMILES string of the molecule is CC(C)(C)C1=CCN(CC2C=CC(N)C2)CC1. The molecule has 2 nitrogen and oxygen atoms in total. The van der Waals surface area contributed by atoms with Crippen LogP contribution in [0.4, 0.5) is 0 Å². The fourth-order valence-electron chi connectivity index (χ4n) is 2.83. The molecule has 96 valence electrons. The molecule has 1 heterocycles. The Morgan fingerprint density at radius 3 is 2.59 bits per heavy atom. The standard InChI is InChI=1S/C15H26N2/c1-15(2,3)13-6-8-17(9-7-13)11-12-4-5-14(16)10-12/h4-6,12,14H,7-11,16H2,1-3H3. The Kier molecular flexibility index (Phi) is 3.74.